The lowest BCUT2D eigenvalue weighted by molar-refractivity contribution is -0.140. The van der Waals surface area contributed by atoms with Gasteiger partial charge in [0.15, 0.2) is 0 Å². The van der Waals surface area contributed by atoms with Crippen LogP contribution in [-0.4, -0.2) is 33.9 Å². The second-order valence-electron chi connectivity index (χ2n) is 3.40. The molecule has 0 saturated carbocycles. The van der Waals surface area contributed by atoms with E-state index in [1.165, 1.54) is 0 Å². The summed E-state index contributed by atoms with van der Waals surface area (Å²) in [5.74, 6) is -3.80. The molecular weight excluding hydrogens is 245 g/mol. The third kappa shape index (κ3) is 3.81. The fourth-order valence-corrected chi connectivity index (χ4v) is 1.15. The second kappa shape index (κ2) is 5.71. The molecule has 0 aliphatic heterocycles. The van der Waals surface area contributed by atoms with Crippen LogP contribution in [0.2, 0.25) is 0 Å². The maximum atomic E-state index is 12.5. The van der Waals surface area contributed by atoms with E-state index in [9.17, 15) is 18.8 Å². The first-order valence-corrected chi connectivity index (χ1v) is 4.83. The lowest BCUT2D eigenvalue weighted by Crippen LogP contribution is -2.43. The molecule has 0 aliphatic rings. The Hall–Kier alpha value is -2.51. The van der Waals surface area contributed by atoms with Crippen molar-refractivity contribution in [1.29, 1.82) is 0 Å². The van der Waals surface area contributed by atoms with Gasteiger partial charge < -0.3 is 16.2 Å². The zero-order chi connectivity index (χ0) is 13.7. The standard InChI is InChI=1S/C10H10FN3O4/c11-7-2-1-5(4-13-7)9(16)14-6(10(17)18)3-8(12)15/h1-2,4,6H,3H2,(H2,12,15)(H,14,16)(H,17,18)/t6-/m1/s1. The van der Waals surface area contributed by atoms with E-state index in [1.807, 2.05) is 0 Å². The van der Waals surface area contributed by atoms with Crippen LogP contribution in [0.3, 0.4) is 0 Å². The second-order valence-corrected chi connectivity index (χ2v) is 3.40. The van der Waals surface area contributed by atoms with Crippen LogP contribution in [0.4, 0.5) is 4.39 Å². The summed E-state index contributed by atoms with van der Waals surface area (Å²) in [6.45, 7) is 0. The number of aromatic nitrogens is 1. The number of nitrogens with two attached hydrogens (primary N) is 1. The number of rotatable bonds is 5. The van der Waals surface area contributed by atoms with E-state index in [0.717, 1.165) is 18.3 Å². The molecule has 1 aromatic heterocycles. The van der Waals surface area contributed by atoms with Gasteiger partial charge >= 0.3 is 5.97 Å². The maximum absolute atomic E-state index is 12.5. The average Bonchev–Trinajstić information content (AvgIpc) is 2.28. The summed E-state index contributed by atoms with van der Waals surface area (Å²) < 4.78 is 12.5. The van der Waals surface area contributed by atoms with Crippen molar-refractivity contribution in [2.75, 3.05) is 0 Å². The van der Waals surface area contributed by atoms with E-state index in [0.29, 0.717) is 0 Å². The first kappa shape index (κ1) is 13.6. The molecule has 8 heteroatoms. The van der Waals surface area contributed by atoms with Crippen LogP contribution in [0.25, 0.3) is 0 Å². The number of hydrogen-bond acceptors (Lipinski definition) is 4. The molecule has 96 valence electrons. The zero-order valence-corrected chi connectivity index (χ0v) is 9.09. The van der Waals surface area contributed by atoms with Gasteiger partial charge in [0.25, 0.3) is 5.91 Å². The summed E-state index contributed by atoms with van der Waals surface area (Å²) in [4.78, 5) is 36.2. The van der Waals surface area contributed by atoms with Gasteiger partial charge in [-0.25, -0.2) is 9.78 Å². The number of carbonyl (C=O) groups is 3. The Morgan fingerprint density at radius 3 is 2.56 bits per heavy atom. The number of carboxylic acid groups (broad SMARTS) is 1. The maximum Gasteiger partial charge on any atom is 0.326 e. The van der Waals surface area contributed by atoms with Gasteiger partial charge in [-0.1, -0.05) is 0 Å². The van der Waals surface area contributed by atoms with Crippen LogP contribution in [0, 0.1) is 5.95 Å². The Bertz CT molecular complexity index is 475. The molecule has 0 saturated heterocycles. The Kier molecular flexibility index (Phi) is 4.30. The highest BCUT2D eigenvalue weighted by molar-refractivity contribution is 5.97. The van der Waals surface area contributed by atoms with E-state index < -0.39 is 36.2 Å². The minimum absolute atomic E-state index is 0.0212. The first-order valence-electron chi connectivity index (χ1n) is 4.83. The van der Waals surface area contributed by atoms with Crippen molar-refractivity contribution in [3.63, 3.8) is 0 Å². The number of carboxylic acids is 1. The normalized spacial score (nSPS) is 11.6. The minimum atomic E-state index is -1.43. The molecule has 2 amide bonds. The lowest BCUT2D eigenvalue weighted by Gasteiger charge is -2.12. The molecule has 0 fully saturated rings. The van der Waals surface area contributed by atoms with Crippen LogP contribution >= 0.6 is 0 Å². The molecule has 18 heavy (non-hydrogen) atoms. The van der Waals surface area contributed by atoms with Crippen molar-refractivity contribution in [2.45, 2.75) is 12.5 Å². The largest absolute Gasteiger partial charge is 0.480 e. The zero-order valence-electron chi connectivity index (χ0n) is 9.09. The molecule has 0 aliphatic carbocycles. The number of halogens is 1. The number of pyridine rings is 1. The van der Waals surface area contributed by atoms with E-state index in [1.54, 1.807) is 0 Å². The van der Waals surface area contributed by atoms with Crippen molar-refractivity contribution in [3.8, 4) is 0 Å². The quantitative estimate of drug-likeness (QED) is 0.599. The summed E-state index contributed by atoms with van der Waals surface area (Å²) >= 11 is 0. The fraction of sp³-hybridized carbons (Fsp3) is 0.200. The number of aliphatic carboxylic acids is 1. The highest BCUT2D eigenvalue weighted by Gasteiger charge is 2.22. The van der Waals surface area contributed by atoms with Crippen molar-refractivity contribution in [3.05, 3.63) is 29.8 Å². The Balaban J connectivity index is 2.75. The SMILES string of the molecule is NC(=O)C[C@@H](NC(=O)c1ccc(F)nc1)C(=O)O. The highest BCUT2D eigenvalue weighted by Crippen LogP contribution is 2.01. The molecule has 0 aromatic carbocycles. The third-order valence-electron chi connectivity index (χ3n) is 2.00. The van der Waals surface area contributed by atoms with Crippen molar-refractivity contribution in [1.82, 2.24) is 10.3 Å². The first-order chi connectivity index (χ1) is 8.40. The molecule has 1 rings (SSSR count). The van der Waals surface area contributed by atoms with Crippen LogP contribution in [-0.2, 0) is 9.59 Å². The van der Waals surface area contributed by atoms with Gasteiger partial charge in [-0.15, -0.1) is 0 Å². The summed E-state index contributed by atoms with van der Waals surface area (Å²) in [5, 5.41) is 10.8. The molecule has 4 N–H and O–H groups in total. The van der Waals surface area contributed by atoms with Gasteiger partial charge in [0.1, 0.15) is 6.04 Å². The van der Waals surface area contributed by atoms with Gasteiger partial charge in [0.05, 0.1) is 12.0 Å². The van der Waals surface area contributed by atoms with Gasteiger partial charge in [0.2, 0.25) is 11.9 Å². The van der Waals surface area contributed by atoms with Crippen LogP contribution in [0.1, 0.15) is 16.8 Å². The summed E-state index contributed by atoms with van der Waals surface area (Å²) in [6, 6.07) is 0.666. The Morgan fingerprint density at radius 2 is 2.11 bits per heavy atom. The predicted molar refractivity (Wildman–Crippen MR) is 56.9 cm³/mol. The number of nitrogens with one attached hydrogen (secondary N) is 1. The van der Waals surface area contributed by atoms with Gasteiger partial charge in [-0.05, 0) is 12.1 Å². The Labute approximate surface area is 101 Å². The van der Waals surface area contributed by atoms with Crippen LogP contribution < -0.4 is 11.1 Å². The van der Waals surface area contributed by atoms with Gasteiger partial charge in [-0.2, -0.15) is 4.39 Å². The van der Waals surface area contributed by atoms with E-state index in [-0.39, 0.29) is 5.56 Å². The number of nitrogens with zero attached hydrogens (tertiary/aromatic N) is 1. The molecule has 0 radical (unpaired) electrons. The van der Waals surface area contributed by atoms with E-state index in [2.05, 4.69) is 10.3 Å². The van der Waals surface area contributed by atoms with Gasteiger partial charge in [0, 0.05) is 6.20 Å². The molecule has 0 unspecified atom stereocenters. The van der Waals surface area contributed by atoms with E-state index >= 15 is 0 Å². The highest BCUT2D eigenvalue weighted by atomic mass is 19.1. The summed E-state index contributed by atoms with van der Waals surface area (Å²) in [6.07, 6.45) is 0.420. The molecule has 1 atom stereocenters. The van der Waals surface area contributed by atoms with Crippen LogP contribution in [0.5, 0.6) is 0 Å². The minimum Gasteiger partial charge on any atom is -0.480 e. The number of hydrogen-bond donors (Lipinski definition) is 3. The molecule has 0 bridgehead atoms. The molecular formula is C10H10FN3O4. The van der Waals surface area contributed by atoms with Crippen molar-refractivity contribution >= 4 is 17.8 Å². The molecule has 7 nitrogen and oxygen atoms in total. The smallest absolute Gasteiger partial charge is 0.326 e. The third-order valence-corrected chi connectivity index (χ3v) is 2.00. The lowest BCUT2D eigenvalue weighted by atomic mass is 10.2. The Morgan fingerprint density at radius 1 is 1.44 bits per heavy atom. The summed E-state index contributed by atoms with van der Waals surface area (Å²) in [7, 11) is 0. The van der Waals surface area contributed by atoms with Gasteiger partial charge in [-0.3, -0.25) is 9.59 Å². The molecule has 1 aromatic rings. The van der Waals surface area contributed by atoms with Crippen molar-refractivity contribution < 1.29 is 23.9 Å². The number of carbonyl (C=O) groups excluding carboxylic acids is 2. The van der Waals surface area contributed by atoms with E-state index in [4.69, 9.17) is 10.8 Å². The van der Waals surface area contributed by atoms with Crippen LogP contribution in [0.15, 0.2) is 18.3 Å². The predicted octanol–water partition coefficient (Wildman–Crippen LogP) is -0.721. The summed E-state index contributed by atoms with van der Waals surface area (Å²) in [5.41, 5.74) is 4.83. The van der Waals surface area contributed by atoms with Crippen molar-refractivity contribution in [2.24, 2.45) is 5.73 Å². The average molecular weight is 255 g/mol. The number of primary amides is 1. The number of amides is 2. The monoisotopic (exact) mass is 255 g/mol. The topological polar surface area (TPSA) is 122 Å². The molecule has 1 heterocycles. The molecule has 0 spiro atoms. The fourth-order valence-electron chi connectivity index (χ4n) is 1.15.